The van der Waals surface area contributed by atoms with Crippen LogP contribution in [0.3, 0.4) is 0 Å². The molecular formula is C10H11N3O4S. The van der Waals surface area contributed by atoms with E-state index in [4.69, 9.17) is 5.11 Å². The second-order valence-electron chi connectivity index (χ2n) is 3.48. The van der Waals surface area contributed by atoms with E-state index in [0.29, 0.717) is 5.56 Å². The Morgan fingerprint density at radius 3 is 2.89 bits per heavy atom. The molecule has 1 aromatic heterocycles. The second kappa shape index (κ2) is 5.25. The maximum atomic E-state index is 11.9. The molecule has 0 unspecified atom stereocenters. The summed E-state index contributed by atoms with van der Waals surface area (Å²) >= 11 is 0. The molecule has 96 valence electrons. The topological polar surface area (TPSA) is 105 Å². The number of rotatable bonds is 5. The van der Waals surface area contributed by atoms with Gasteiger partial charge in [-0.2, -0.15) is 4.98 Å². The van der Waals surface area contributed by atoms with Gasteiger partial charge in [-0.3, -0.25) is 0 Å². The molecule has 0 saturated carbocycles. The molecular weight excluding hydrogens is 258 g/mol. The average molecular weight is 269 g/mol. The van der Waals surface area contributed by atoms with Crippen molar-refractivity contribution in [3.8, 4) is 0 Å². The predicted molar refractivity (Wildman–Crippen MR) is 60.7 cm³/mol. The number of aliphatic hydroxyl groups is 1. The standard InChI is InChI=1S/C10H11N3O4S/c14-6-8-2-1-3-9(4-8)18(15,16)12-5-10-11-7-17-13-10/h1-4,7,12,14H,5-6H2. The maximum absolute atomic E-state index is 11.9. The third-order valence-electron chi connectivity index (χ3n) is 2.22. The molecule has 2 aromatic rings. The van der Waals surface area contributed by atoms with Crippen molar-refractivity contribution in [3.05, 3.63) is 42.0 Å². The Bertz CT molecular complexity index is 610. The fraction of sp³-hybridized carbons (Fsp3) is 0.200. The molecule has 0 saturated heterocycles. The smallest absolute Gasteiger partial charge is 0.240 e. The van der Waals surface area contributed by atoms with Gasteiger partial charge in [0.1, 0.15) is 0 Å². The van der Waals surface area contributed by atoms with Gasteiger partial charge in [-0.15, -0.1) is 0 Å². The molecule has 2 N–H and O–H groups in total. The van der Waals surface area contributed by atoms with Crippen molar-refractivity contribution in [3.63, 3.8) is 0 Å². The van der Waals surface area contributed by atoms with Gasteiger partial charge in [-0.05, 0) is 17.7 Å². The molecule has 18 heavy (non-hydrogen) atoms. The van der Waals surface area contributed by atoms with Crippen LogP contribution in [0.4, 0.5) is 0 Å². The van der Waals surface area contributed by atoms with E-state index in [1.807, 2.05) is 0 Å². The van der Waals surface area contributed by atoms with Crippen LogP contribution in [0, 0.1) is 0 Å². The van der Waals surface area contributed by atoms with E-state index in [-0.39, 0.29) is 23.9 Å². The van der Waals surface area contributed by atoms with Gasteiger partial charge in [0.2, 0.25) is 16.4 Å². The maximum Gasteiger partial charge on any atom is 0.240 e. The SMILES string of the molecule is O=S(=O)(NCc1ncon1)c1cccc(CO)c1. The van der Waals surface area contributed by atoms with Crippen LogP contribution >= 0.6 is 0 Å². The lowest BCUT2D eigenvalue weighted by atomic mass is 10.2. The number of benzene rings is 1. The first-order valence-corrected chi connectivity index (χ1v) is 6.55. The van der Waals surface area contributed by atoms with Gasteiger partial charge in [0.25, 0.3) is 0 Å². The minimum absolute atomic E-state index is 0.0534. The number of aliphatic hydroxyl groups excluding tert-OH is 1. The second-order valence-corrected chi connectivity index (χ2v) is 5.24. The highest BCUT2D eigenvalue weighted by Gasteiger charge is 2.15. The van der Waals surface area contributed by atoms with Crippen LogP contribution in [-0.4, -0.2) is 23.7 Å². The Kier molecular flexibility index (Phi) is 3.70. The average Bonchev–Trinajstić information content (AvgIpc) is 2.90. The highest BCUT2D eigenvalue weighted by molar-refractivity contribution is 7.89. The molecule has 7 nitrogen and oxygen atoms in total. The normalized spacial score (nSPS) is 11.6. The monoisotopic (exact) mass is 269 g/mol. The van der Waals surface area contributed by atoms with E-state index < -0.39 is 10.0 Å². The molecule has 0 aliphatic rings. The number of sulfonamides is 1. The van der Waals surface area contributed by atoms with Crippen molar-refractivity contribution in [2.45, 2.75) is 18.0 Å². The van der Waals surface area contributed by atoms with E-state index in [0.717, 1.165) is 6.39 Å². The molecule has 1 aromatic carbocycles. The Balaban J connectivity index is 2.14. The Labute approximate surface area is 104 Å². The van der Waals surface area contributed by atoms with Crippen LogP contribution in [-0.2, 0) is 23.2 Å². The third-order valence-corrected chi connectivity index (χ3v) is 3.62. The van der Waals surface area contributed by atoms with Crippen molar-refractivity contribution in [1.29, 1.82) is 0 Å². The molecule has 0 amide bonds. The van der Waals surface area contributed by atoms with Crippen LogP contribution in [0.25, 0.3) is 0 Å². The van der Waals surface area contributed by atoms with Gasteiger partial charge in [0.05, 0.1) is 18.0 Å². The van der Waals surface area contributed by atoms with Crippen LogP contribution in [0.2, 0.25) is 0 Å². The molecule has 0 fully saturated rings. The predicted octanol–water partition coefficient (Wildman–Crippen LogP) is 0.0404. The van der Waals surface area contributed by atoms with Gasteiger partial charge in [0, 0.05) is 0 Å². The zero-order chi connectivity index (χ0) is 13.0. The van der Waals surface area contributed by atoms with E-state index in [1.54, 1.807) is 12.1 Å². The Morgan fingerprint density at radius 2 is 2.22 bits per heavy atom. The van der Waals surface area contributed by atoms with Gasteiger partial charge in [0.15, 0.2) is 5.82 Å². The van der Waals surface area contributed by atoms with E-state index in [9.17, 15) is 8.42 Å². The summed E-state index contributed by atoms with van der Waals surface area (Å²) in [4.78, 5) is 3.78. The first kappa shape index (κ1) is 12.7. The minimum atomic E-state index is -3.65. The lowest BCUT2D eigenvalue weighted by Crippen LogP contribution is -2.23. The molecule has 8 heteroatoms. The van der Waals surface area contributed by atoms with Crippen LogP contribution in [0.15, 0.2) is 40.1 Å². The van der Waals surface area contributed by atoms with E-state index in [1.165, 1.54) is 12.1 Å². The zero-order valence-electron chi connectivity index (χ0n) is 9.28. The van der Waals surface area contributed by atoms with E-state index >= 15 is 0 Å². The van der Waals surface area contributed by atoms with Gasteiger partial charge in [-0.1, -0.05) is 17.3 Å². The first-order chi connectivity index (χ1) is 8.62. The summed E-state index contributed by atoms with van der Waals surface area (Å²) in [6.07, 6.45) is 1.12. The molecule has 0 spiro atoms. The van der Waals surface area contributed by atoms with Gasteiger partial charge in [-0.25, -0.2) is 13.1 Å². The number of nitrogens with one attached hydrogen (secondary N) is 1. The third kappa shape index (κ3) is 2.92. The van der Waals surface area contributed by atoms with Gasteiger partial charge < -0.3 is 9.63 Å². The highest BCUT2D eigenvalue weighted by Crippen LogP contribution is 2.11. The lowest BCUT2D eigenvalue weighted by Gasteiger charge is -2.05. The Morgan fingerprint density at radius 1 is 1.39 bits per heavy atom. The molecule has 0 radical (unpaired) electrons. The molecule has 0 atom stereocenters. The summed E-state index contributed by atoms with van der Waals surface area (Å²) in [5, 5.41) is 12.5. The minimum Gasteiger partial charge on any atom is -0.392 e. The van der Waals surface area contributed by atoms with Crippen molar-refractivity contribution in [2.24, 2.45) is 0 Å². The van der Waals surface area contributed by atoms with Crippen molar-refractivity contribution in [2.75, 3.05) is 0 Å². The molecule has 2 rings (SSSR count). The highest BCUT2D eigenvalue weighted by atomic mass is 32.2. The summed E-state index contributed by atoms with van der Waals surface area (Å²) < 4.78 is 30.7. The molecule has 0 bridgehead atoms. The van der Waals surface area contributed by atoms with Crippen molar-refractivity contribution >= 4 is 10.0 Å². The van der Waals surface area contributed by atoms with Gasteiger partial charge >= 0.3 is 0 Å². The summed E-state index contributed by atoms with van der Waals surface area (Å²) in [6, 6.07) is 6.04. The largest absolute Gasteiger partial charge is 0.392 e. The number of hydrogen-bond donors (Lipinski definition) is 2. The summed E-state index contributed by atoms with van der Waals surface area (Å²) in [7, 11) is -3.65. The van der Waals surface area contributed by atoms with Crippen LogP contribution in [0.1, 0.15) is 11.4 Å². The summed E-state index contributed by atoms with van der Waals surface area (Å²) in [5.74, 6) is 0.247. The number of aromatic nitrogens is 2. The Hall–Kier alpha value is -1.77. The van der Waals surface area contributed by atoms with E-state index in [2.05, 4.69) is 19.4 Å². The fourth-order valence-electron chi connectivity index (χ4n) is 1.32. The first-order valence-electron chi connectivity index (χ1n) is 5.06. The molecule has 1 heterocycles. The molecule has 0 aliphatic heterocycles. The van der Waals surface area contributed by atoms with Crippen molar-refractivity contribution in [1.82, 2.24) is 14.9 Å². The molecule has 0 aliphatic carbocycles. The zero-order valence-corrected chi connectivity index (χ0v) is 10.1. The summed E-state index contributed by atoms with van der Waals surface area (Å²) in [6.45, 7) is -0.267. The van der Waals surface area contributed by atoms with Crippen molar-refractivity contribution < 1.29 is 18.0 Å². The van der Waals surface area contributed by atoms with Crippen LogP contribution in [0.5, 0.6) is 0 Å². The van der Waals surface area contributed by atoms with Crippen LogP contribution < -0.4 is 4.72 Å². The lowest BCUT2D eigenvalue weighted by molar-refractivity contribution is 0.281. The quantitative estimate of drug-likeness (QED) is 0.794. The fourth-order valence-corrected chi connectivity index (χ4v) is 2.37. The summed E-state index contributed by atoms with van der Waals surface area (Å²) in [5.41, 5.74) is 0.525. The number of nitrogens with zero attached hydrogens (tertiary/aromatic N) is 2. The number of hydrogen-bond acceptors (Lipinski definition) is 6.